The summed E-state index contributed by atoms with van der Waals surface area (Å²) in [6, 6.07) is 10.00. The normalized spacial score (nSPS) is 12.9. The fourth-order valence-corrected chi connectivity index (χ4v) is 2.27. The van der Waals surface area contributed by atoms with Crippen molar-refractivity contribution in [3.8, 4) is 11.3 Å². The minimum Gasteiger partial charge on any atom is -0.440 e. The number of hydrogen-bond acceptors (Lipinski definition) is 3. The molecular formula is C14H17NOS. The van der Waals surface area contributed by atoms with E-state index in [1.165, 1.54) is 0 Å². The largest absolute Gasteiger partial charge is 0.440 e. The number of nitrogens with zero attached hydrogens (tertiary/aromatic N) is 1. The van der Waals surface area contributed by atoms with E-state index in [0.717, 1.165) is 17.7 Å². The zero-order valence-electron chi connectivity index (χ0n) is 10.1. The van der Waals surface area contributed by atoms with Gasteiger partial charge in [-0.15, -0.1) is 0 Å². The van der Waals surface area contributed by atoms with E-state index in [2.05, 4.69) is 31.5 Å². The standard InChI is InChI=1S/C14H17NOS/c1-10(2)8-13(17)14-15-9-12(16-14)11-6-4-3-5-7-11/h3-7,9-10,13,17H,8H2,1-2H3. The Morgan fingerprint density at radius 2 is 1.94 bits per heavy atom. The van der Waals surface area contributed by atoms with Gasteiger partial charge in [0.15, 0.2) is 5.76 Å². The Hall–Kier alpha value is -1.22. The molecule has 1 aromatic heterocycles. The fourth-order valence-electron chi connectivity index (χ4n) is 1.72. The number of thiol groups is 1. The van der Waals surface area contributed by atoms with Crippen LogP contribution in [0.15, 0.2) is 40.9 Å². The molecule has 1 heterocycles. The molecule has 2 nitrogen and oxygen atoms in total. The smallest absolute Gasteiger partial charge is 0.207 e. The van der Waals surface area contributed by atoms with E-state index in [9.17, 15) is 0 Å². The maximum atomic E-state index is 5.74. The summed E-state index contributed by atoms with van der Waals surface area (Å²) in [6.07, 6.45) is 2.74. The van der Waals surface area contributed by atoms with Crippen LogP contribution in [-0.4, -0.2) is 4.98 Å². The van der Waals surface area contributed by atoms with Crippen LogP contribution in [-0.2, 0) is 0 Å². The molecular weight excluding hydrogens is 230 g/mol. The van der Waals surface area contributed by atoms with E-state index in [0.29, 0.717) is 11.8 Å². The highest BCUT2D eigenvalue weighted by atomic mass is 32.1. The second-order valence-electron chi connectivity index (χ2n) is 4.57. The van der Waals surface area contributed by atoms with Crippen LogP contribution in [0.4, 0.5) is 0 Å². The number of oxazole rings is 1. The van der Waals surface area contributed by atoms with E-state index in [1.807, 2.05) is 30.3 Å². The van der Waals surface area contributed by atoms with Crippen LogP contribution in [0.5, 0.6) is 0 Å². The van der Waals surface area contributed by atoms with E-state index < -0.39 is 0 Å². The number of aromatic nitrogens is 1. The van der Waals surface area contributed by atoms with Crippen LogP contribution in [0.2, 0.25) is 0 Å². The van der Waals surface area contributed by atoms with Crippen molar-refractivity contribution in [2.75, 3.05) is 0 Å². The molecule has 0 bridgehead atoms. The monoisotopic (exact) mass is 247 g/mol. The Bertz CT molecular complexity index is 464. The molecule has 0 radical (unpaired) electrons. The Kier molecular flexibility index (Phi) is 3.89. The highest BCUT2D eigenvalue weighted by molar-refractivity contribution is 7.80. The summed E-state index contributed by atoms with van der Waals surface area (Å²) in [4.78, 5) is 4.30. The third kappa shape index (κ3) is 3.13. The average Bonchev–Trinajstić information content (AvgIpc) is 2.78. The molecule has 0 fully saturated rings. The molecule has 0 aliphatic heterocycles. The lowest BCUT2D eigenvalue weighted by molar-refractivity contribution is 0.465. The first-order chi connectivity index (χ1) is 8.16. The Labute approximate surface area is 107 Å². The topological polar surface area (TPSA) is 26.0 Å². The van der Waals surface area contributed by atoms with Gasteiger partial charge in [-0.05, 0) is 12.3 Å². The van der Waals surface area contributed by atoms with Crippen LogP contribution in [0.3, 0.4) is 0 Å². The predicted molar refractivity (Wildman–Crippen MR) is 73.1 cm³/mol. The van der Waals surface area contributed by atoms with Crippen molar-refractivity contribution < 1.29 is 4.42 Å². The first kappa shape index (κ1) is 12.2. The molecule has 2 aromatic rings. The molecule has 2 rings (SSSR count). The van der Waals surface area contributed by atoms with E-state index >= 15 is 0 Å². The maximum absolute atomic E-state index is 5.74. The predicted octanol–water partition coefficient (Wildman–Crippen LogP) is 4.36. The van der Waals surface area contributed by atoms with Gasteiger partial charge in [0.05, 0.1) is 11.4 Å². The SMILES string of the molecule is CC(C)CC(S)c1ncc(-c2ccccc2)o1. The molecule has 90 valence electrons. The van der Waals surface area contributed by atoms with Gasteiger partial charge in [-0.3, -0.25) is 0 Å². The van der Waals surface area contributed by atoms with Crippen molar-refractivity contribution in [2.24, 2.45) is 5.92 Å². The van der Waals surface area contributed by atoms with E-state index in [-0.39, 0.29) is 5.25 Å². The molecule has 1 unspecified atom stereocenters. The van der Waals surface area contributed by atoms with E-state index in [4.69, 9.17) is 4.42 Å². The Morgan fingerprint density at radius 1 is 1.24 bits per heavy atom. The van der Waals surface area contributed by atoms with Crippen molar-refractivity contribution in [1.82, 2.24) is 4.98 Å². The van der Waals surface area contributed by atoms with Gasteiger partial charge < -0.3 is 4.42 Å². The van der Waals surface area contributed by atoms with Crippen molar-refractivity contribution in [1.29, 1.82) is 0 Å². The number of hydrogen-bond donors (Lipinski definition) is 1. The summed E-state index contributed by atoms with van der Waals surface area (Å²) in [5.41, 5.74) is 1.05. The fraction of sp³-hybridized carbons (Fsp3) is 0.357. The van der Waals surface area contributed by atoms with Crippen LogP contribution in [0, 0.1) is 5.92 Å². The van der Waals surface area contributed by atoms with E-state index in [1.54, 1.807) is 6.20 Å². The van der Waals surface area contributed by atoms with Gasteiger partial charge in [-0.25, -0.2) is 4.98 Å². The average molecular weight is 247 g/mol. The lowest BCUT2D eigenvalue weighted by Gasteiger charge is -2.08. The van der Waals surface area contributed by atoms with Gasteiger partial charge in [0, 0.05) is 5.56 Å². The lowest BCUT2D eigenvalue weighted by atomic mass is 10.1. The molecule has 0 spiro atoms. The van der Waals surface area contributed by atoms with Crippen LogP contribution in [0.25, 0.3) is 11.3 Å². The van der Waals surface area contributed by atoms with Gasteiger partial charge in [0.1, 0.15) is 0 Å². The lowest BCUT2D eigenvalue weighted by Crippen LogP contribution is -1.96. The van der Waals surface area contributed by atoms with Gasteiger partial charge in [-0.1, -0.05) is 44.2 Å². The van der Waals surface area contributed by atoms with Crippen LogP contribution in [0.1, 0.15) is 31.4 Å². The van der Waals surface area contributed by atoms with Gasteiger partial charge in [-0.2, -0.15) is 12.6 Å². The molecule has 17 heavy (non-hydrogen) atoms. The third-order valence-electron chi connectivity index (χ3n) is 2.56. The maximum Gasteiger partial charge on any atom is 0.207 e. The molecule has 3 heteroatoms. The second-order valence-corrected chi connectivity index (χ2v) is 5.20. The van der Waals surface area contributed by atoms with Crippen LogP contribution >= 0.6 is 12.6 Å². The highest BCUT2D eigenvalue weighted by Gasteiger charge is 2.15. The quantitative estimate of drug-likeness (QED) is 0.812. The first-order valence-corrected chi connectivity index (χ1v) is 6.37. The molecule has 0 aliphatic rings. The second kappa shape index (κ2) is 5.41. The zero-order valence-corrected chi connectivity index (χ0v) is 11.0. The molecule has 0 N–H and O–H groups in total. The molecule has 0 saturated carbocycles. The highest BCUT2D eigenvalue weighted by Crippen LogP contribution is 2.29. The molecule has 1 aromatic carbocycles. The van der Waals surface area contributed by atoms with Gasteiger partial charge in [0.2, 0.25) is 5.89 Å². The van der Waals surface area contributed by atoms with Gasteiger partial charge >= 0.3 is 0 Å². The molecule has 0 aliphatic carbocycles. The summed E-state index contributed by atoms with van der Waals surface area (Å²) in [6.45, 7) is 4.34. The first-order valence-electron chi connectivity index (χ1n) is 5.86. The third-order valence-corrected chi connectivity index (χ3v) is 2.99. The summed E-state index contributed by atoms with van der Waals surface area (Å²) < 4.78 is 5.74. The minimum atomic E-state index is 0.0764. The number of rotatable bonds is 4. The number of benzene rings is 1. The Balaban J connectivity index is 2.16. The summed E-state index contributed by atoms with van der Waals surface area (Å²) in [7, 11) is 0. The van der Waals surface area contributed by atoms with Crippen molar-refractivity contribution in [3.63, 3.8) is 0 Å². The van der Waals surface area contributed by atoms with Crippen molar-refractivity contribution >= 4 is 12.6 Å². The zero-order chi connectivity index (χ0) is 12.3. The van der Waals surface area contributed by atoms with Gasteiger partial charge in [0.25, 0.3) is 0 Å². The molecule has 0 saturated heterocycles. The summed E-state index contributed by atoms with van der Waals surface area (Å²) in [5.74, 6) is 2.11. The summed E-state index contributed by atoms with van der Waals surface area (Å²) in [5, 5.41) is 0.0764. The Morgan fingerprint density at radius 3 is 2.59 bits per heavy atom. The van der Waals surface area contributed by atoms with Crippen LogP contribution < -0.4 is 0 Å². The van der Waals surface area contributed by atoms with Crippen molar-refractivity contribution in [2.45, 2.75) is 25.5 Å². The van der Waals surface area contributed by atoms with Crippen molar-refractivity contribution in [3.05, 3.63) is 42.4 Å². The molecule has 1 atom stereocenters. The summed E-state index contributed by atoms with van der Waals surface area (Å²) >= 11 is 4.53. The molecule has 0 amide bonds. The minimum absolute atomic E-state index is 0.0764.